The van der Waals surface area contributed by atoms with Crippen LogP contribution in [-0.4, -0.2) is 55.8 Å². The van der Waals surface area contributed by atoms with E-state index in [1.807, 2.05) is 29.8 Å². The van der Waals surface area contributed by atoms with E-state index in [2.05, 4.69) is 63.4 Å². The molecule has 0 amide bonds. The van der Waals surface area contributed by atoms with Gasteiger partial charge in [0.25, 0.3) is 0 Å². The number of rotatable bonds is 4. The number of fused-ring (bicyclic) bond motifs is 2. The Kier molecular flexibility index (Phi) is 5.06. The fraction of sp³-hybridized carbons (Fsp3) is 0.375. The predicted octanol–water partition coefficient (Wildman–Crippen LogP) is 4.49. The van der Waals surface area contributed by atoms with E-state index in [-0.39, 0.29) is 6.04 Å². The molecule has 1 saturated heterocycles. The molecule has 0 aliphatic carbocycles. The van der Waals surface area contributed by atoms with Crippen LogP contribution in [0.25, 0.3) is 27.5 Å². The number of hydrogen-bond acceptors (Lipinski definition) is 5. The van der Waals surface area contributed by atoms with E-state index in [1.54, 1.807) is 6.20 Å². The zero-order valence-electron chi connectivity index (χ0n) is 18.1. The molecule has 0 bridgehead atoms. The third kappa shape index (κ3) is 3.74. The van der Waals surface area contributed by atoms with Gasteiger partial charge in [0.05, 0.1) is 22.8 Å². The van der Waals surface area contributed by atoms with E-state index < -0.39 is 6.17 Å². The maximum Gasteiger partial charge on any atom is 0.241 e. The molecule has 4 heterocycles. The molecule has 0 spiro atoms. The van der Waals surface area contributed by atoms with Crippen molar-refractivity contribution in [2.45, 2.75) is 45.4 Å². The van der Waals surface area contributed by atoms with Crippen molar-refractivity contribution in [1.82, 2.24) is 24.5 Å². The Morgan fingerprint density at radius 2 is 2.06 bits per heavy atom. The largest absolute Gasteiger partial charge is 0.347 e. The van der Waals surface area contributed by atoms with Crippen LogP contribution >= 0.6 is 0 Å². The van der Waals surface area contributed by atoms with Crippen molar-refractivity contribution < 1.29 is 4.39 Å². The van der Waals surface area contributed by atoms with Crippen LogP contribution < -0.4 is 5.32 Å². The summed E-state index contributed by atoms with van der Waals surface area (Å²) in [7, 11) is 0. The Morgan fingerprint density at radius 3 is 2.87 bits per heavy atom. The molecular weight excluding hydrogens is 391 g/mol. The summed E-state index contributed by atoms with van der Waals surface area (Å²) < 4.78 is 16.6. The molecule has 160 valence electrons. The van der Waals surface area contributed by atoms with E-state index in [9.17, 15) is 4.39 Å². The molecule has 6 nitrogen and oxygen atoms in total. The first kappa shape index (κ1) is 19.9. The number of anilines is 1. The Labute approximate surface area is 181 Å². The fourth-order valence-electron chi connectivity index (χ4n) is 4.47. The molecule has 7 heteroatoms. The van der Waals surface area contributed by atoms with Crippen LogP contribution in [0.15, 0.2) is 48.8 Å². The normalized spacial score (nSPS) is 20.0. The van der Waals surface area contributed by atoms with Crippen molar-refractivity contribution in [1.29, 1.82) is 0 Å². The van der Waals surface area contributed by atoms with E-state index in [4.69, 9.17) is 0 Å². The van der Waals surface area contributed by atoms with Gasteiger partial charge in [-0.15, -0.1) is 5.10 Å². The maximum absolute atomic E-state index is 14.7. The number of pyridine rings is 1. The highest BCUT2D eigenvalue weighted by molar-refractivity contribution is 5.89. The molecule has 0 radical (unpaired) electrons. The first-order valence-electron chi connectivity index (χ1n) is 10.9. The van der Waals surface area contributed by atoms with E-state index >= 15 is 0 Å². The SMILES string of the molecule is Cc1nc(NC2CCN(C(C)C)CC2F)nn2ccc(-c3ccc4ncccc4c3)c12. The summed E-state index contributed by atoms with van der Waals surface area (Å²) in [6.45, 7) is 7.51. The summed E-state index contributed by atoms with van der Waals surface area (Å²) in [4.78, 5) is 11.2. The van der Waals surface area contributed by atoms with Gasteiger partial charge in [-0.25, -0.2) is 13.9 Å². The van der Waals surface area contributed by atoms with E-state index in [0.29, 0.717) is 18.5 Å². The Morgan fingerprint density at radius 1 is 1.19 bits per heavy atom. The highest BCUT2D eigenvalue weighted by atomic mass is 19.1. The van der Waals surface area contributed by atoms with Gasteiger partial charge in [-0.05, 0) is 57.0 Å². The first-order valence-corrected chi connectivity index (χ1v) is 10.9. The number of nitrogens with one attached hydrogen (secondary N) is 1. The minimum absolute atomic E-state index is 0.269. The number of aromatic nitrogens is 4. The van der Waals surface area contributed by atoms with Crippen molar-refractivity contribution in [3.8, 4) is 11.1 Å². The second-order valence-electron chi connectivity index (χ2n) is 8.60. The van der Waals surface area contributed by atoms with Gasteiger partial charge >= 0.3 is 0 Å². The molecule has 1 fully saturated rings. The number of hydrogen-bond donors (Lipinski definition) is 1. The quantitative estimate of drug-likeness (QED) is 0.529. The third-order valence-corrected chi connectivity index (χ3v) is 6.22. The molecule has 31 heavy (non-hydrogen) atoms. The summed E-state index contributed by atoms with van der Waals surface area (Å²) in [5, 5.41) is 8.97. The number of likely N-dealkylation sites (tertiary alicyclic amines) is 1. The molecule has 1 N–H and O–H groups in total. The van der Waals surface area contributed by atoms with Gasteiger partial charge in [-0.2, -0.15) is 0 Å². The van der Waals surface area contributed by atoms with E-state index in [0.717, 1.165) is 46.2 Å². The molecule has 2 atom stereocenters. The van der Waals surface area contributed by atoms with Crippen LogP contribution in [0.1, 0.15) is 26.0 Å². The lowest BCUT2D eigenvalue weighted by molar-refractivity contribution is 0.102. The Hall–Kier alpha value is -3.06. The second-order valence-corrected chi connectivity index (χ2v) is 8.60. The summed E-state index contributed by atoms with van der Waals surface area (Å²) in [6.07, 6.45) is 3.53. The van der Waals surface area contributed by atoms with Gasteiger partial charge in [-0.3, -0.25) is 9.88 Å². The van der Waals surface area contributed by atoms with Gasteiger partial charge in [0.2, 0.25) is 5.95 Å². The lowest BCUT2D eigenvalue weighted by atomic mass is 10.0. The standard InChI is InChI=1S/C24H27FN6/c1-15(2)30-11-9-22(20(25)14-30)28-24-27-16(3)23-19(8-12-31(23)29-24)17-6-7-21-18(13-17)5-4-10-26-21/h4-8,10,12-13,15,20,22H,9,11,14H2,1-3H3,(H,28,29). The summed E-state index contributed by atoms with van der Waals surface area (Å²) in [6, 6.07) is 12.4. The van der Waals surface area contributed by atoms with Gasteiger partial charge < -0.3 is 5.32 Å². The molecule has 3 aromatic heterocycles. The molecule has 2 unspecified atom stereocenters. The van der Waals surface area contributed by atoms with Crippen molar-refractivity contribution in [3.63, 3.8) is 0 Å². The monoisotopic (exact) mass is 418 g/mol. The van der Waals surface area contributed by atoms with Crippen molar-refractivity contribution >= 4 is 22.4 Å². The average Bonchev–Trinajstić information content (AvgIpc) is 3.19. The zero-order chi connectivity index (χ0) is 21.5. The van der Waals surface area contributed by atoms with E-state index in [1.165, 1.54) is 0 Å². The molecule has 0 saturated carbocycles. The Balaban J connectivity index is 1.43. The Bertz CT molecular complexity index is 1230. The van der Waals surface area contributed by atoms with Crippen LogP contribution in [0.3, 0.4) is 0 Å². The smallest absolute Gasteiger partial charge is 0.241 e. The summed E-state index contributed by atoms with van der Waals surface area (Å²) in [5.74, 6) is 0.473. The molecule has 1 aliphatic heterocycles. The number of halogens is 1. The van der Waals surface area contributed by atoms with Crippen LogP contribution in [0.2, 0.25) is 0 Å². The highest BCUT2D eigenvalue weighted by Gasteiger charge is 2.31. The second kappa shape index (κ2) is 7.89. The predicted molar refractivity (Wildman–Crippen MR) is 122 cm³/mol. The molecule has 4 aromatic rings. The number of benzene rings is 1. The highest BCUT2D eigenvalue weighted by Crippen LogP contribution is 2.30. The van der Waals surface area contributed by atoms with Crippen molar-refractivity contribution in [2.24, 2.45) is 0 Å². The fourth-order valence-corrected chi connectivity index (χ4v) is 4.47. The summed E-state index contributed by atoms with van der Waals surface area (Å²) >= 11 is 0. The zero-order valence-corrected chi connectivity index (χ0v) is 18.1. The maximum atomic E-state index is 14.7. The van der Waals surface area contributed by atoms with Gasteiger partial charge in [0, 0.05) is 42.5 Å². The minimum Gasteiger partial charge on any atom is -0.347 e. The first-order chi connectivity index (χ1) is 15.0. The number of piperidine rings is 1. The lowest BCUT2D eigenvalue weighted by Crippen LogP contribution is -2.50. The molecule has 1 aliphatic rings. The average molecular weight is 419 g/mol. The van der Waals surface area contributed by atoms with Crippen LogP contribution in [0.4, 0.5) is 10.3 Å². The molecule has 1 aromatic carbocycles. The van der Waals surface area contributed by atoms with Crippen molar-refractivity contribution in [2.75, 3.05) is 18.4 Å². The minimum atomic E-state index is -0.942. The topological polar surface area (TPSA) is 58.4 Å². The van der Waals surface area contributed by atoms with Crippen LogP contribution in [0, 0.1) is 6.92 Å². The van der Waals surface area contributed by atoms with Gasteiger partial charge in [-0.1, -0.05) is 12.1 Å². The molecule has 5 rings (SSSR count). The number of aryl methyl sites for hydroxylation is 1. The van der Waals surface area contributed by atoms with Gasteiger partial charge in [0.1, 0.15) is 6.17 Å². The number of alkyl halides is 1. The van der Waals surface area contributed by atoms with Crippen LogP contribution in [-0.2, 0) is 0 Å². The molecular formula is C24H27FN6. The lowest BCUT2D eigenvalue weighted by Gasteiger charge is -2.37. The summed E-state index contributed by atoms with van der Waals surface area (Å²) in [5.41, 5.74) is 4.96. The van der Waals surface area contributed by atoms with Gasteiger partial charge in [0.15, 0.2) is 0 Å². The van der Waals surface area contributed by atoms with Crippen LogP contribution in [0.5, 0.6) is 0 Å². The third-order valence-electron chi connectivity index (χ3n) is 6.22. The van der Waals surface area contributed by atoms with Crippen molar-refractivity contribution in [3.05, 3.63) is 54.5 Å². The number of nitrogens with zero attached hydrogens (tertiary/aromatic N) is 5.